The predicted molar refractivity (Wildman–Crippen MR) is 154 cm³/mol. The normalized spacial score (nSPS) is 16.2. The van der Waals surface area contributed by atoms with E-state index in [0.717, 1.165) is 22.3 Å². The summed E-state index contributed by atoms with van der Waals surface area (Å²) < 4.78 is 40.5. The van der Waals surface area contributed by atoms with Crippen molar-refractivity contribution in [3.05, 3.63) is 82.4 Å². The molecule has 208 valence electrons. The van der Waals surface area contributed by atoms with E-state index in [4.69, 9.17) is 9.47 Å². The van der Waals surface area contributed by atoms with Crippen molar-refractivity contribution in [3.63, 3.8) is 0 Å². The van der Waals surface area contributed by atoms with E-state index in [0.29, 0.717) is 17.2 Å². The molecule has 0 aliphatic carbocycles. The van der Waals surface area contributed by atoms with Crippen LogP contribution in [0.3, 0.4) is 0 Å². The van der Waals surface area contributed by atoms with Crippen LogP contribution in [0.2, 0.25) is 0 Å². The third kappa shape index (κ3) is 5.76. The van der Waals surface area contributed by atoms with Gasteiger partial charge in [0.05, 0.1) is 30.3 Å². The van der Waals surface area contributed by atoms with Crippen LogP contribution in [0.4, 0.5) is 5.69 Å². The van der Waals surface area contributed by atoms with Gasteiger partial charge in [-0.05, 0) is 97.3 Å². The molecule has 1 aliphatic heterocycles. The number of benzene rings is 3. The second-order valence-electron chi connectivity index (χ2n) is 11.3. The fourth-order valence-electron chi connectivity index (χ4n) is 4.79. The SMILES string of the molecule is COc1ccc(S(=O)(=O)N2C[C@H](C(=O)N[C@H](C)c3cc(C)c(C)cc3C)Oc3ccc(C(C)(C)C)cc32)cc1. The summed E-state index contributed by atoms with van der Waals surface area (Å²) in [6, 6.07) is 15.7. The largest absolute Gasteiger partial charge is 0.497 e. The number of aryl methyl sites for hydroxylation is 3. The number of hydrogen-bond acceptors (Lipinski definition) is 5. The monoisotopic (exact) mass is 550 g/mol. The summed E-state index contributed by atoms with van der Waals surface area (Å²) >= 11 is 0. The van der Waals surface area contributed by atoms with Gasteiger partial charge in [-0.3, -0.25) is 9.10 Å². The number of nitrogens with zero attached hydrogens (tertiary/aromatic N) is 1. The minimum Gasteiger partial charge on any atom is -0.497 e. The smallest absolute Gasteiger partial charge is 0.264 e. The predicted octanol–water partition coefficient (Wildman–Crippen LogP) is 5.75. The van der Waals surface area contributed by atoms with Crippen LogP contribution in [0.5, 0.6) is 11.5 Å². The van der Waals surface area contributed by atoms with Crippen LogP contribution in [-0.4, -0.2) is 34.1 Å². The summed E-state index contributed by atoms with van der Waals surface area (Å²) in [5.41, 5.74) is 5.60. The zero-order valence-corrected chi connectivity index (χ0v) is 24.8. The minimum atomic E-state index is -4.01. The molecular formula is C31H38N2O5S. The number of carbonyl (C=O) groups is 1. The van der Waals surface area contributed by atoms with Gasteiger partial charge in [-0.2, -0.15) is 0 Å². The van der Waals surface area contributed by atoms with Crippen LogP contribution in [0.25, 0.3) is 0 Å². The maximum atomic E-state index is 13.9. The number of hydrogen-bond donors (Lipinski definition) is 1. The fourth-order valence-corrected chi connectivity index (χ4v) is 6.26. The highest BCUT2D eigenvalue weighted by Crippen LogP contribution is 2.40. The average Bonchev–Trinajstić information content (AvgIpc) is 2.89. The number of ether oxygens (including phenoxy) is 2. The number of anilines is 1. The molecule has 0 saturated heterocycles. The lowest BCUT2D eigenvalue weighted by atomic mass is 9.86. The van der Waals surface area contributed by atoms with Crippen molar-refractivity contribution in [3.8, 4) is 11.5 Å². The van der Waals surface area contributed by atoms with Gasteiger partial charge >= 0.3 is 0 Å². The van der Waals surface area contributed by atoms with Crippen molar-refractivity contribution in [2.24, 2.45) is 0 Å². The van der Waals surface area contributed by atoms with Gasteiger partial charge < -0.3 is 14.8 Å². The summed E-state index contributed by atoms with van der Waals surface area (Å²) in [4.78, 5) is 13.6. The van der Waals surface area contributed by atoms with Crippen LogP contribution in [0, 0.1) is 20.8 Å². The highest BCUT2D eigenvalue weighted by atomic mass is 32.2. The number of methoxy groups -OCH3 is 1. The van der Waals surface area contributed by atoms with Gasteiger partial charge in [-0.15, -0.1) is 0 Å². The van der Waals surface area contributed by atoms with E-state index < -0.39 is 16.1 Å². The zero-order valence-electron chi connectivity index (χ0n) is 24.0. The van der Waals surface area contributed by atoms with Gasteiger partial charge in [0.15, 0.2) is 6.10 Å². The molecule has 8 heteroatoms. The first-order chi connectivity index (χ1) is 18.2. The first-order valence-corrected chi connectivity index (χ1v) is 14.5. The Morgan fingerprint density at radius 1 is 1.00 bits per heavy atom. The Kier molecular flexibility index (Phi) is 7.72. The van der Waals surface area contributed by atoms with Gasteiger partial charge in [0.2, 0.25) is 0 Å². The second-order valence-corrected chi connectivity index (χ2v) is 13.1. The lowest BCUT2D eigenvalue weighted by Gasteiger charge is -2.36. The molecule has 0 radical (unpaired) electrons. The third-order valence-electron chi connectivity index (χ3n) is 7.34. The summed E-state index contributed by atoms with van der Waals surface area (Å²) in [6.07, 6.45) is -1.03. The van der Waals surface area contributed by atoms with Crippen molar-refractivity contribution in [1.82, 2.24) is 5.32 Å². The Bertz CT molecular complexity index is 1490. The zero-order chi connectivity index (χ0) is 28.7. The maximum absolute atomic E-state index is 13.9. The molecule has 1 heterocycles. The Morgan fingerprint density at radius 2 is 1.64 bits per heavy atom. The van der Waals surface area contributed by atoms with Crippen LogP contribution < -0.4 is 19.1 Å². The lowest BCUT2D eigenvalue weighted by molar-refractivity contribution is -0.128. The molecule has 0 unspecified atom stereocenters. The number of fused-ring (bicyclic) bond motifs is 1. The molecule has 7 nitrogen and oxygen atoms in total. The van der Waals surface area contributed by atoms with Crippen LogP contribution in [-0.2, 0) is 20.2 Å². The van der Waals surface area contributed by atoms with E-state index in [-0.39, 0.29) is 28.8 Å². The van der Waals surface area contributed by atoms with Crippen molar-refractivity contribution < 1.29 is 22.7 Å². The summed E-state index contributed by atoms with van der Waals surface area (Å²) in [5.74, 6) is 0.529. The first kappa shape index (κ1) is 28.5. The number of rotatable bonds is 6. The molecule has 0 spiro atoms. The number of sulfonamides is 1. The van der Waals surface area contributed by atoms with E-state index in [9.17, 15) is 13.2 Å². The van der Waals surface area contributed by atoms with Crippen molar-refractivity contribution in [1.29, 1.82) is 0 Å². The molecule has 0 bridgehead atoms. The number of nitrogens with one attached hydrogen (secondary N) is 1. The second kappa shape index (κ2) is 10.6. The number of carbonyl (C=O) groups excluding carboxylic acids is 1. The van der Waals surface area contributed by atoms with E-state index in [1.165, 1.54) is 29.1 Å². The quantitative estimate of drug-likeness (QED) is 0.422. The van der Waals surface area contributed by atoms with E-state index >= 15 is 0 Å². The minimum absolute atomic E-state index is 0.107. The highest BCUT2D eigenvalue weighted by Gasteiger charge is 2.38. The standard InChI is InChI=1S/C31H38N2O5S/c1-19-15-21(3)26(16-20(19)2)22(4)32-30(34)29-18-33(39(35,36)25-12-10-24(37-8)11-13-25)27-17-23(31(5,6)7)9-14-28(27)38-29/h9-17,22,29H,18H2,1-8H3,(H,32,34)/t22-,29-/m1/s1. The van der Waals surface area contributed by atoms with Crippen LogP contribution in [0.1, 0.15) is 61.6 Å². The van der Waals surface area contributed by atoms with E-state index in [2.05, 4.69) is 45.1 Å². The molecule has 0 fully saturated rings. The van der Waals surface area contributed by atoms with E-state index in [1.54, 1.807) is 18.2 Å². The molecule has 1 amide bonds. The van der Waals surface area contributed by atoms with E-state index in [1.807, 2.05) is 32.9 Å². The molecule has 2 atom stereocenters. The van der Waals surface area contributed by atoms with Gasteiger partial charge in [0.25, 0.3) is 15.9 Å². The van der Waals surface area contributed by atoms with Gasteiger partial charge in [-0.1, -0.05) is 39.0 Å². The molecular weight excluding hydrogens is 512 g/mol. The lowest BCUT2D eigenvalue weighted by Crippen LogP contribution is -2.51. The highest BCUT2D eigenvalue weighted by molar-refractivity contribution is 7.92. The Hall–Kier alpha value is -3.52. The Labute approximate surface area is 232 Å². The summed E-state index contributed by atoms with van der Waals surface area (Å²) in [7, 11) is -2.48. The van der Waals surface area contributed by atoms with Crippen LogP contribution in [0.15, 0.2) is 59.5 Å². The summed E-state index contributed by atoms with van der Waals surface area (Å²) in [6.45, 7) is 14.1. The van der Waals surface area contributed by atoms with Crippen LogP contribution >= 0.6 is 0 Å². The molecule has 3 aromatic carbocycles. The topological polar surface area (TPSA) is 84.9 Å². The molecule has 0 saturated carbocycles. The Balaban J connectivity index is 1.70. The van der Waals surface area contributed by atoms with Gasteiger partial charge in [0.1, 0.15) is 11.5 Å². The molecule has 1 aliphatic rings. The van der Waals surface area contributed by atoms with Crippen molar-refractivity contribution in [2.45, 2.75) is 70.9 Å². The average molecular weight is 551 g/mol. The molecule has 3 aromatic rings. The molecule has 1 N–H and O–H groups in total. The van der Waals surface area contributed by atoms with Gasteiger partial charge in [0, 0.05) is 0 Å². The van der Waals surface area contributed by atoms with Crippen molar-refractivity contribution in [2.75, 3.05) is 18.0 Å². The molecule has 0 aromatic heterocycles. The third-order valence-corrected chi connectivity index (χ3v) is 9.14. The van der Waals surface area contributed by atoms with Gasteiger partial charge in [-0.25, -0.2) is 8.42 Å². The Morgan fingerprint density at radius 3 is 2.26 bits per heavy atom. The maximum Gasteiger partial charge on any atom is 0.264 e. The fraction of sp³-hybridized carbons (Fsp3) is 0.387. The number of amides is 1. The first-order valence-electron chi connectivity index (χ1n) is 13.1. The van der Waals surface area contributed by atoms with Crippen molar-refractivity contribution >= 4 is 21.6 Å². The molecule has 39 heavy (non-hydrogen) atoms. The molecule has 4 rings (SSSR count). The summed E-state index contributed by atoms with van der Waals surface area (Å²) in [5, 5.41) is 3.04.